The van der Waals surface area contributed by atoms with Gasteiger partial charge in [-0.15, -0.1) is 0 Å². The van der Waals surface area contributed by atoms with E-state index < -0.39 is 5.97 Å². The second-order valence-electron chi connectivity index (χ2n) is 4.84. The topological polar surface area (TPSA) is 57.5 Å². The summed E-state index contributed by atoms with van der Waals surface area (Å²) in [5.41, 5.74) is 3.32. The van der Waals surface area contributed by atoms with Crippen molar-refractivity contribution in [3.63, 3.8) is 0 Å². The number of carbonyl (C=O) groups is 1. The Morgan fingerprint density at radius 3 is 2.76 bits per heavy atom. The molecule has 0 aromatic heterocycles. The summed E-state index contributed by atoms with van der Waals surface area (Å²) in [6, 6.07) is 3.68. The van der Waals surface area contributed by atoms with Crippen molar-refractivity contribution in [3.05, 3.63) is 28.8 Å². The summed E-state index contributed by atoms with van der Waals surface area (Å²) in [4.78, 5) is 10.8. The third-order valence-corrected chi connectivity index (χ3v) is 3.53. The van der Waals surface area contributed by atoms with Crippen LogP contribution in [0.25, 0.3) is 0 Å². The standard InChI is InChI=1S/C14H18O3/c1-9(8-13(16)17)14-11-5-3-2-4-10(11)6-7-12(14)15/h6-7,9,15H,2-5,8H2,1H3,(H,16,17). The molecule has 0 spiro atoms. The number of aryl methyl sites for hydroxylation is 1. The summed E-state index contributed by atoms with van der Waals surface area (Å²) in [5.74, 6) is -0.690. The highest BCUT2D eigenvalue weighted by atomic mass is 16.4. The number of rotatable bonds is 3. The molecule has 3 nitrogen and oxygen atoms in total. The van der Waals surface area contributed by atoms with E-state index in [-0.39, 0.29) is 18.1 Å². The van der Waals surface area contributed by atoms with E-state index >= 15 is 0 Å². The van der Waals surface area contributed by atoms with Crippen molar-refractivity contribution in [2.75, 3.05) is 0 Å². The van der Waals surface area contributed by atoms with Crippen LogP contribution in [0.15, 0.2) is 12.1 Å². The SMILES string of the molecule is CC(CC(=O)O)c1c(O)ccc2c1CCCC2. The van der Waals surface area contributed by atoms with Crippen LogP contribution in [-0.4, -0.2) is 16.2 Å². The van der Waals surface area contributed by atoms with Gasteiger partial charge in [0.2, 0.25) is 0 Å². The second kappa shape index (κ2) is 4.78. The van der Waals surface area contributed by atoms with E-state index in [1.54, 1.807) is 6.07 Å². The Kier molecular flexibility index (Phi) is 3.36. The van der Waals surface area contributed by atoms with Gasteiger partial charge in [0, 0.05) is 5.56 Å². The molecule has 0 saturated heterocycles. The molecular weight excluding hydrogens is 216 g/mol. The lowest BCUT2D eigenvalue weighted by atomic mass is 9.82. The zero-order valence-corrected chi connectivity index (χ0v) is 10.1. The van der Waals surface area contributed by atoms with Gasteiger partial charge in [0.15, 0.2) is 0 Å². The van der Waals surface area contributed by atoms with Gasteiger partial charge in [-0.25, -0.2) is 0 Å². The van der Waals surface area contributed by atoms with Gasteiger partial charge < -0.3 is 10.2 Å². The van der Waals surface area contributed by atoms with Crippen LogP contribution >= 0.6 is 0 Å². The highest BCUT2D eigenvalue weighted by Gasteiger charge is 2.21. The van der Waals surface area contributed by atoms with E-state index in [2.05, 4.69) is 0 Å². The number of hydrogen-bond donors (Lipinski definition) is 2. The first kappa shape index (κ1) is 12.0. The van der Waals surface area contributed by atoms with Crippen LogP contribution in [0.1, 0.15) is 48.8 Å². The van der Waals surface area contributed by atoms with Crippen molar-refractivity contribution in [1.29, 1.82) is 0 Å². The first-order chi connectivity index (χ1) is 8.09. The van der Waals surface area contributed by atoms with E-state index in [0.717, 1.165) is 24.8 Å². The van der Waals surface area contributed by atoms with Crippen molar-refractivity contribution in [2.45, 2.75) is 44.9 Å². The molecule has 0 amide bonds. The molecule has 1 aliphatic rings. The van der Waals surface area contributed by atoms with Gasteiger partial charge in [-0.2, -0.15) is 0 Å². The maximum atomic E-state index is 10.8. The molecule has 0 radical (unpaired) electrons. The van der Waals surface area contributed by atoms with Crippen LogP contribution in [0.5, 0.6) is 5.75 Å². The van der Waals surface area contributed by atoms with Crippen molar-refractivity contribution in [2.24, 2.45) is 0 Å². The van der Waals surface area contributed by atoms with Gasteiger partial charge in [0.05, 0.1) is 6.42 Å². The van der Waals surface area contributed by atoms with Gasteiger partial charge >= 0.3 is 5.97 Å². The van der Waals surface area contributed by atoms with E-state index in [0.29, 0.717) is 0 Å². The summed E-state index contributed by atoms with van der Waals surface area (Å²) in [6.07, 6.45) is 4.39. The number of aromatic hydroxyl groups is 1. The van der Waals surface area contributed by atoms with E-state index in [9.17, 15) is 9.90 Å². The van der Waals surface area contributed by atoms with Gasteiger partial charge in [-0.3, -0.25) is 4.79 Å². The van der Waals surface area contributed by atoms with Crippen LogP contribution < -0.4 is 0 Å². The number of aliphatic carboxylic acids is 1. The van der Waals surface area contributed by atoms with Crippen LogP contribution in [-0.2, 0) is 17.6 Å². The Labute approximate surface area is 101 Å². The fraction of sp³-hybridized carbons (Fsp3) is 0.500. The molecular formula is C14H18O3. The summed E-state index contributed by atoms with van der Waals surface area (Å²) >= 11 is 0. The molecule has 0 fully saturated rings. The van der Waals surface area contributed by atoms with Crippen molar-refractivity contribution in [3.8, 4) is 5.75 Å². The predicted molar refractivity (Wildman–Crippen MR) is 65.4 cm³/mol. The minimum atomic E-state index is -0.815. The molecule has 2 rings (SSSR count). The lowest BCUT2D eigenvalue weighted by molar-refractivity contribution is -0.137. The van der Waals surface area contributed by atoms with Crippen LogP contribution in [0.3, 0.4) is 0 Å². The Morgan fingerprint density at radius 1 is 1.35 bits per heavy atom. The van der Waals surface area contributed by atoms with E-state index in [1.807, 2.05) is 13.0 Å². The molecule has 1 unspecified atom stereocenters. The van der Waals surface area contributed by atoms with Gasteiger partial charge in [-0.05, 0) is 48.8 Å². The Hall–Kier alpha value is -1.51. The summed E-state index contributed by atoms with van der Waals surface area (Å²) in [7, 11) is 0. The first-order valence-corrected chi connectivity index (χ1v) is 6.15. The fourth-order valence-electron chi connectivity index (χ4n) is 2.76. The molecule has 1 atom stereocenters. The Morgan fingerprint density at radius 2 is 2.06 bits per heavy atom. The molecule has 0 aliphatic heterocycles. The van der Waals surface area contributed by atoms with E-state index in [1.165, 1.54) is 17.5 Å². The van der Waals surface area contributed by atoms with Crippen LogP contribution in [0.4, 0.5) is 0 Å². The van der Waals surface area contributed by atoms with Gasteiger partial charge in [0.1, 0.15) is 5.75 Å². The van der Waals surface area contributed by atoms with Gasteiger partial charge in [0.25, 0.3) is 0 Å². The normalized spacial score (nSPS) is 16.3. The van der Waals surface area contributed by atoms with Crippen molar-refractivity contribution < 1.29 is 15.0 Å². The molecule has 3 heteroatoms. The molecule has 1 aromatic rings. The second-order valence-corrected chi connectivity index (χ2v) is 4.84. The molecule has 1 aromatic carbocycles. The van der Waals surface area contributed by atoms with Crippen LogP contribution in [0.2, 0.25) is 0 Å². The fourth-order valence-corrected chi connectivity index (χ4v) is 2.76. The average Bonchev–Trinajstić information content (AvgIpc) is 2.27. The quantitative estimate of drug-likeness (QED) is 0.845. The lowest BCUT2D eigenvalue weighted by Gasteiger charge is -2.23. The lowest BCUT2D eigenvalue weighted by Crippen LogP contribution is -2.11. The molecule has 1 aliphatic carbocycles. The smallest absolute Gasteiger partial charge is 0.303 e. The highest BCUT2D eigenvalue weighted by Crippen LogP contribution is 2.36. The number of carboxylic acids is 1. The summed E-state index contributed by atoms with van der Waals surface area (Å²) in [5, 5.41) is 18.8. The third-order valence-electron chi connectivity index (χ3n) is 3.53. The Balaban J connectivity index is 2.40. The third kappa shape index (κ3) is 2.43. The number of carboxylic acid groups (broad SMARTS) is 1. The summed E-state index contributed by atoms with van der Waals surface area (Å²) in [6.45, 7) is 1.87. The highest BCUT2D eigenvalue weighted by molar-refractivity contribution is 5.68. The van der Waals surface area contributed by atoms with Crippen LogP contribution in [0, 0.1) is 0 Å². The zero-order chi connectivity index (χ0) is 12.4. The maximum absolute atomic E-state index is 10.8. The first-order valence-electron chi connectivity index (χ1n) is 6.15. The molecule has 0 heterocycles. The monoisotopic (exact) mass is 234 g/mol. The number of fused-ring (bicyclic) bond motifs is 1. The van der Waals surface area contributed by atoms with E-state index in [4.69, 9.17) is 5.11 Å². The largest absolute Gasteiger partial charge is 0.508 e. The minimum absolute atomic E-state index is 0.0734. The molecule has 2 N–H and O–H groups in total. The van der Waals surface area contributed by atoms with Crippen molar-refractivity contribution >= 4 is 5.97 Å². The maximum Gasteiger partial charge on any atom is 0.303 e. The number of phenolic OH excluding ortho intramolecular Hbond substituents is 1. The number of phenols is 1. The number of hydrogen-bond acceptors (Lipinski definition) is 2. The molecule has 0 saturated carbocycles. The average molecular weight is 234 g/mol. The Bertz CT molecular complexity index is 437. The summed E-state index contributed by atoms with van der Waals surface area (Å²) < 4.78 is 0. The van der Waals surface area contributed by atoms with Crippen molar-refractivity contribution in [1.82, 2.24) is 0 Å². The molecule has 0 bridgehead atoms. The zero-order valence-electron chi connectivity index (χ0n) is 10.1. The van der Waals surface area contributed by atoms with Gasteiger partial charge in [-0.1, -0.05) is 13.0 Å². The minimum Gasteiger partial charge on any atom is -0.508 e. The predicted octanol–water partition coefficient (Wildman–Crippen LogP) is 2.85. The number of benzene rings is 1. The molecule has 92 valence electrons. The molecule has 17 heavy (non-hydrogen) atoms.